The molecule has 0 bridgehead atoms. The van der Waals surface area contributed by atoms with Crippen LogP contribution in [0, 0.1) is 13.8 Å². The Morgan fingerprint density at radius 2 is 1.94 bits per heavy atom. The Morgan fingerprint density at radius 1 is 1.24 bits per heavy atom. The standard InChI is InChI=1S/C14H21ClN2/c1-11-3-4-14(15)12(2)13(11)5-8-17-9-6-16-7-10-17/h3-4,16H,5-10H2,1-2H3. The summed E-state index contributed by atoms with van der Waals surface area (Å²) in [5.74, 6) is 0. The third-order valence-electron chi connectivity index (χ3n) is 3.65. The highest BCUT2D eigenvalue weighted by Crippen LogP contribution is 2.22. The molecule has 3 heteroatoms. The van der Waals surface area contributed by atoms with Crippen LogP contribution in [-0.2, 0) is 6.42 Å². The molecule has 0 radical (unpaired) electrons. The monoisotopic (exact) mass is 252 g/mol. The minimum absolute atomic E-state index is 0.894. The van der Waals surface area contributed by atoms with Gasteiger partial charge in [0.05, 0.1) is 0 Å². The first-order chi connectivity index (χ1) is 8.18. The van der Waals surface area contributed by atoms with E-state index in [1.807, 2.05) is 6.07 Å². The average molecular weight is 253 g/mol. The Bertz CT molecular complexity index is 384. The predicted octanol–water partition coefficient (Wildman–Crippen LogP) is 2.40. The highest BCUT2D eigenvalue weighted by molar-refractivity contribution is 6.31. The lowest BCUT2D eigenvalue weighted by atomic mass is 10.00. The van der Waals surface area contributed by atoms with Crippen LogP contribution in [0.4, 0.5) is 0 Å². The van der Waals surface area contributed by atoms with Crippen molar-refractivity contribution in [2.75, 3.05) is 32.7 Å². The number of piperazine rings is 1. The fraction of sp³-hybridized carbons (Fsp3) is 0.571. The molecular weight excluding hydrogens is 232 g/mol. The van der Waals surface area contributed by atoms with E-state index < -0.39 is 0 Å². The van der Waals surface area contributed by atoms with Gasteiger partial charge >= 0.3 is 0 Å². The SMILES string of the molecule is Cc1ccc(Cl)c(C)c1CCN1CCNCC1. The van der Waals surface area contributed by atoms with E-state index in [4.69, 9.17) is 11.6 Å². The summed E-state index contributed by atoms with van der Waals surface area (Å²) in [6, 6.07) is 4.13. The van der Waals surface area contributed by atoms with Gasteiger partial charge in [0.1, 0.15) is 0 Å². The Labute approximate surface area is 109 Å². The number of halogens is 1. The molecule has 0 amide bonds. The molecular formula is C14H21ClN2. The van der Waals surface area contributed by atoms with E-state index in [9.17, 15) is 0 Å². The molecule has 1 aromatic rings. The molecule has 0 unspecified atom stereocenters. The van der Waals surface area contributed by atoms with Crippen molar-refractivity contribution in [3.63, 3.8) is 0 Å². The van der Waals surface area contributed by atoms with Gasteiger partial charge in [-0.1, -0.05) is 17.7 Å². The first-order valence-electron chi connectivity index (χ1n) is 6.36. The van der Waals surface area contributed by atoms with Crippen LogP contribution < -0.4 is 5.32 Å². The van der Waals surface area contributed by atoms with Crippen molar-refractivity contribution in [1.29, 1.82) is 0 Å². The first kappa shape index (κ1) is 12.9. The molecule has 17 heavy (non-hydrogen) atoms. The van der Waals surface area contributed by atoms with E-state index in [1.54, 1.807) is 0 Å². The Hall–Kier alpha value is -0.570. The summed E-state index contributed by atoms with van der Waals surface area (Å²) in [5, 5.41) is 4.28. The second kappa shape index (κ2) is 5.85. The summed E-state index contributed by atoms with van der Waals surface area (Å²) in [5.41, 5.74) is 4.04. The molecule has 0 saturated carbocycles. The maximum absolute atomic E-state index is 6.18. The highest BCUT2D eigenvalue weighted by atomic mass is 35.5. The minimum Gasteiger partial charge on any atom is -0.314 e. The fourth-order valence-corrected chi connectivity index (χ4v) is 2.63. The largest absolute Gasteiger partial charge is 0.314 e. The van der Waals surface area contributed by atoms with Gasteiger partial charge in [0.2, 0.25) is 0 Å². The van der Waals surface area contributed by atoms with Gasteiger partial charge < -0.3 is 10.2 Å². The van der Waals surface area contributed by atoms with Gasteiger partial charge in [-0.25, -0.2) is 0 Å². The number of hydrogen-bond donors (Lipinski definition) is 1. The van der Waals surface area contributed by atoms with Gasteiger partial charge in [0.25, 0.3) is 0 Å². The molecule has 1 fully saturated rings. The van der Waals surface area contributed by atoms with Crippen molar-refractivity contribution in [3.05, 3.63) is 33.8 Å². The normalized spacial score (nSPS) is 17.4. The van der Waals surface area contributed by atoms with Crippen LogP contribution in [0.5, 0.6) is 0 Å². The molecule has 0 aliphatic carbocycles. The van der Waals surface area contributed by atoms with Crippen molar-refractivity contribution >= 4 is 11.6 Å². The summed E-state index contributed by atoms with van der Waals surface area (Å²) in [4.78, 5) is 2.52. The number of benzene rings is 1. The Morgan fingerprint density at radius 3 is 2.65 bits per heavy atom. The number of nitrogens with one attached hydrogen (secondary N) is 1. The molecule has 1 aliphatic rings. The van der Waals surface area contributed by atoms with Crippen LogP contribution in [0.2, 0.25) is 5.02 Å². The van der Waals surface area contributed by atoms with Crippen molar-refractivity contribution < 1.29 is 0 Å². The third kappa shape index (κ3) is 3.21. The zero-order valence-electron chi connectivity index (χ0n) is 10.7. The summed E-state index contributed by atoms with van der Waals surface area (Å²) in [6.45, 7) is 10.0. The van der Waals surface area contributed by atoms with E-state index in [0.717, 1.165) is 31.1 Å². The smallest absolute Gasteiger partial charge is 0.0438 e. The molecule has 94 valence electrons. The molecule has 1 aromatic carbocycles. The summed E-state index contributed by atoms with van der Waals surface area (Å²) >= 11 is 6.18. The molecule has 0 atom stereocenters. The number of rotatable bonds is 3. The Balaban J connectivity index is 2.00. The summed E-state index contributed by atoms with van der Waals surface area (Å²) in [6.07, 6.45) is 1.11. The predicted molar refractivity (Wildman–Crippen MR) is 73.9 cm³/mol. The van der Waals surface area contributed by atoms with Gasteiger partial charge in [-0.2, -0.15) is 0 Å². The summed E-state index contributed by atoms with van der Waals surface area (Å²) in [7, 11) is 0. The molecule has 1 N–H and O–H groups in total. The first-order valence-corrected chi connectivity index (χ1v) is 6.74. The van der Waals surface area contributed by atoms with Crippen LogP contribution >= 0.6 is 11.6 Å². The lowest BCUT2D eigenvalue weighted by molar-refractivity contribution is 0.243. The van der Waals surface area contributed by atoms with Gasteiger partial charge in [-0.05, 0) is 43.0 Å². The Kier molecular flexibility index (Phi) is 4.43. The van der Waals surface area contributed by atoms with E-state index in [1.165, 1.54) is 29.8 Å². The van der Waals surface area contributed by atoms with E-state index in [0.29, 0.717) is 0 Å². The van der Waals surface area contributed by atoms with E-state index >= 15 is 0 Å². The summed E-state index contributed by atoms with van der Waals surface area (Å²) < 4.78 is 0. The lowest BCUT2D eigenvalue weighted by Crippen LogP contribution is -2.44. The fourth-order valence-electron chi connectivity index (χ4n) is 2.45. The molecule has 2 nitrogen and oxygen atoms in total. The van der Waals surface area contributed by atoms with Gasteiger partial charge in [-0.15, -0.1) is 0 Å². The average Bonchev–Trinajstić information content (AvgIpc) is 2.35. The van der Waals surface area contributed by atoms with Gasteiger partial charge in [0, 0.05) is 37.7 Å². The van der Waals surface area contributed by atoms with Crippen molar-refractivity contribution in [2.45, 2.75) is 20.3 Å². The van der Waals surface area contributed by atoms with Crippen LogP contribution in [0.25, 0.3) is 0 Å². The molecule has 1 aliphatic heterocycles. The second-order valence-corrected chi connectivity index (χ2v) is 5.22. The zero-order valence-corrected chi connectivity index (χ0v) is 11.5. The zero-order chi connectivity index (χ0) is 12.3. The van der Waals surface area contributed by atoms with Crippen molar-refractivity contribution in [2.24, 2.45) is 0 Å². The van der Waals surface area contributed by atoms with Crippen molar-refractivity contribution in [1.82, 2.24) is 10.2 Å². The van der Waals surface area contributed by atoms with Crippen LogP contribution in [0.15, 0.2) is 12.1 Å². The topological polar surface area (TPSA) is 15.3 Å². The molecule has 2 rings (SSSR count). The lowest BCUT2D eigenvalue weighted by Gasteiger charge is -2.27. The quantitative estimate of drug-likeness (QED) is 0.889. The second-order valence-electron chi connectivity index (χ2n) is 4.81. The third-order valence-corrected chi connectivity index (χ3v) is 4.06. The van der Waals surface area contributed by atoms with E-state index in [-0.39, 0.29) is 0 Å². The molecule has 1 heterocycles. The minimum atomic E-state index is 0.894. The van der Waals surface area contributed by atoms with Gasteiger partial charge in [0.15, 0.2) is 0 Å². The highest BCUT2D eigenvalue weighted by Gasteiger charge is 2.11. The van der Waals surface area contributed by atoms with Crippen LogP contribution in [-0.4, -0.2) is 37.6 Å². The van der Waals surface area contributed by atoms with Gasteiger partial charge in [-0.3, -0.25) is 0 Å². The molecule has 0 spiro atoms. The number of nitrogens with zero attached hydrogens (tertiary/aromatic N) is 1. The molecule has 1 saturated heterocycles. The van der Waals surface area contributed by atoms with Crippen LogP contribution in [0.3, 0.4) is 0 Å². The van der Waals surface area contributed by atoms with E-state index in [2.05, 4.69) is 30.1 Å². The number of hydrogen-bond acceptors (Lipinski definition) is 2. The van der Waals surface area contributed by atoms with Crippen LogP contribution in [0.1, 0.15) is 16.7 Å². The maximum atomic E-state index is 6.18. The maximum Gasteiger partial charge on any atom is 0.0438 e. The molecule has 0 aromatic heterocycles. The number of aryl methyl sites for hydroxylation is 1. The van der Waals surface area contributed by atoms with Crippen molar-refractivity contribution in [3.8, 4) is 0 Å².